The van der Waals surface area contributed by atoms with Gasteiger partial charge in [0.15, 0.2) is 10.8 Å². The lowest BCUT2D eigenvalue weighted by Crippen LogP contribution is -2.53. The molecule has 0 spiro atoms. The van der Waals surface area contributed by atoms with Crippen molar-refractivity contribution in [1.82, 2.24) is 20.1 Å². The van der Waals surface area contributed by atoms with Gasteiger partial charge in [-0.2, -0.15) is 0 Å². The average molecular weight is 727 g/mol. The van der Waals surface area contributed by atoms with Gasteiger partial charge in [-0.05, 0) is 47.4 Å². The fourth-order valence-electron chi connectivity index (χ4n) is 6.81. The van der Waals surface area contributed by atoms with Gasteiger partial charge in [0.2, 0.25) is 0 Å². The van der Waals surface area contributed by atoms with Gasteiger partial charge in [0.25, 0.3) is 0 Å². The van der Waals surface area contributed by atoms with Crippen molar-refractivity contribution in [3.05, 3.63) is 129 Å². The predicted octanol–water partition coefficient (Wildman–Crippen LogP) is 6.75. The molecule has 2 atom stereocenters. The molecule has 0 aliphatic carbocycles. The van der Waals surface area contributed by atoms with Crippen molar-refractivity contribution in [1.29, 1.82) is 0 Å². The molecule has 0 saturated carbocycles. The number of aryl methyl sites for hydroxylation is 1. The summed E-state index contributed by atoms with van der Waals surface area (Å²) in [6.45, 7) is 6.13. The normalized spacial score (nSPS) is 19.1. The van der Waals surface area contributed by atoms with Gasteiger partial charge in [-0.3, -0.25) is 14.8 Å². The van der Waals surface area contributed by atoms with Crippen LogP contribution in [0.25, 0.3) is 11.1 Å². The van der Waals surface area contributed by atoms with E-state index in [1.807, 2.05) is 39.4 Å². The summed E-state index contributed by atoms with van der Waals surface area (Å²) in [5, 5.41) is 15.4. The second-order valence-electron chi connectivity index (χ2n) is 12.7. The maximum atomic E-state index is 14.0. The zero-order valence-corrected chi connectivity index (χ0v) is 29.5. The highest BCUT2D eigenvalue weighted by Gasteiger charge is 2.42. The molecule has 0 unspecified atom stereocenters. The van der Waals surface area contributed by atoms with Crippen molar-refractivity contribution in [2.24, 2.45) is 4.99 Å². The Morgan fingerprint density at radius 1 is 1.10 bits per heavy atom. The number of thiazole rings is 1. The van der Waals surface area contributed by atoms with Crippen LogP contribution in [-0.4, -0.2) is 83.6 Å². The van der Waals surface area contributed by atoms with E-state index < -0.39 is 17.8 Å². The highest BCUT2D eigenvalue weighted by Crippen LogP contribution is 2.37. The third-order valence-corrected chi connectivity index (χ3v) is 10.5. The van der Waals surface area contributed by atoms with Crippen LogP contribution < -0.4 is 10.2 Å². The number of allylic oxidation sites excluding steroid dienone is 1. The second-order valence-corrected chi connectivity index (χ2v) is 14.0. The predicted molar refractivity (Wildman–Crippen MR) is 197 cm³/mol. The van der Waals surface area contributed by atoms with E-state index in [4.69, 9.17) is 21.3 Å². The van der Waals surface area contributed by atoms with Gasteiger partial charge in [0.1, 0.15) is 11.9 Å². The molecule has 7 rings (SSSR count). The first-order chi connectivity index (χ1) is 24.7. The summed E-state index contributed by atoms with van der Waals surface area (Å²) >= 11 is 7.91. The number of halogens is 2. The van der Waals surface area contributed by atoms with Crippen LogP contribution in [0.5, 0.6) is 0 Å². The molecule has 3 aliphatic rings. The summed E-state index contributed by atoms with van der Waals surface area (Å²) in [5.41, 5.74) is 5.41. The zero-order chi connectivity index (χ0) is 35.6. The van der Waals surface area contributed by atoms with Crippen LogP contribution in [0.4, 0.5) is 14.9 Å². The molecule has 13 heteroatoms. The summed E-state index contributed by atoms with van der Waals surface area (Å²) in [4.78, 5) is 42.2. The Morgan fingerprint density at radius 2 is 1.84 bits per heavy atom. The number of ether oxygens (including phenoxy) is 1. The lowest BCUT2D eigenvalue weighted by atomic mass is 9.95. The number of carbonyl (C=O) groups excluding carboxylic acids is 2. The molecule has 262 valence electrons. The van der Waals surface area contributed by atoms with Gasteiger partial charge in [0.05, 0.1) is 24.5 Å². The molecule has 2 N–H and O–H groups in total. The highest BCUT2D eigenvalue weighted by atomic mass is 35.5. The first-order valence-electron chi connectivity index (χ1n) is 16.6. The molecule has 1 aromatic heterocycles. The van der Waals surface area contributed by atoms with Crippen molar-refractivity contribution >= 4 is 46.5 Å². The minimum atomic E-state index is -0.849. The van der Waals surface area contributed by atoms with Crippen molar-refractivity contribution < 1.29 is 23.8 Å². The molecule has 2 fully saturated rings. The number of aliphatic imine (C=N–C) groups is 1. The maximum Gasteiger partial charge on any atom is 0.338 e. The third-order valence-electron chi connectivity index (χ3n) is 9.41. The van der Waals surface area contributed by atoms with Crippen LogP contribution in [0, 0.1) is 5.82 Å². The Morgan fingerprint density at radius 3 is 2.51 bits per heavy atom. The molecule has 4 heterocycles. The largest absolute Gasteiger partial charge is 0.513 e. The topological polar surface area (TPSA) is 111 Å². The van der Waals surface area contributed by atoms with Gasteiger partial charge in [-0.25, -0.2) is 19.0 Å². The van der Waals surface area contributed by atoms with Gasteiger partial charge in [0, 0.05) is 72.7 Å². The molecule has 4 aromatic rings. The lowest BCUT2D eigenvalue weighted by molar-refractivity contribution is -0.136. The number of piperazine rings is 1. The molecule has 51 heavy (non-hydrogen) atoms. The van der Waals surface area contributed by atoms with E-state index in [0.717, 1.165) is 28.8 Å². The lowest BCUT2D eigenvalue weighted by Gasteiger charge is -2.38. The second kappa shape index (κ2) is 14.7. The average Bonchev–Trinajstić information content (AvgIpc) is 3.79. The number of nitrogens with one attached hydrogen (secondary N) is 1. The Kier molecular flexibility index (Phi) is 9.90. The van der Waals surface area contributed by atoms with Crippen molar-refractivity contribution in [2.75, 3.05) is 44.7 Å². The summed E-state index contributed by atoms with van der Waals surface area (Å²) in [6, 6.07) is 19.3. The fourth-order valence-corrected chi connectivity index (χ4v) is 7.67. The number of aliphatic hydroxyl groups excluding tert-OH is 1. The van der Waals surface area contributed by atoms with Gasteiger partial charge < -0.3 is 20.1 Å². The zero-order valence-electron chi connectivity index (χ0n) is 27.9. The number of hydrogen-bond acceptors (Lipinski definition) is 9. The number of amides is 2. The number of nitrogens with zero attached hydrogens (tertiary/aromatic N) is 5. The van der Waals surface area contributed by atoms with Crippen LogP contribution in [0.2, 0.25) is 5.02 Å². The van der Waals surface area contributed by atoms with E-state index in [2.05, 4.69) is 46.0 Å². The smallest absolute Gasteiger partial charge is 0.338 e. The Bertz CT molecular complexity index is 2020. The SMILES string of the molecule is C=C(O)CCc1ccc(-c2ccc(N3C[C@@H]4CN(CC5=C(C(=O)OC)[C@H](c6ccc(F)cc6Cl)N=C(c6nccs6)N5)CCN4C3=O)cc2)cc1. The molecule has 3 aromatic carbocycles. The number of anilines is 1. The summed E-state index contributed by atoms with van der Waals surface area (Å²) in [6.07, 6.45) is 2.94. The summed E-state index contributed by atoms with van der Waals surface area (Å²) in [7, 11) is 1.31. The monoisotopic (exact) mass is 726 g/mol. The quantitative estimate of drug-likeness (QED) is 0.137. The van der Waals surface area contributed by atoms with Crippen LogP contribution in [0.15, 0.2) is 107 Å². The number of rotatable bonds is 10. The first-order valence-corrected chi connectivity index (χ1v) is 17.8. The Balaban J connectivity index is 1.08. The summed E-state index contributed by atoms with van der Waals surface area (Å²) in [5.74, 6) is -0.406. The minimum absolute atomic E-state index is 0.0308. The van der Waals surface area contributed by atoms with E-state index in [1.54, 1.807) is 6.20 Å². The number of methoxy groups -OCH3 is 1. The number of aromatic nitrogens is 1. The van der Waals surface area contributed by atoms with Crippen LogP contribution in [0.3, 0.4) is 0 Å². The molecule has 2 amide bonds. The van der Waals surface area contributed by atoms with Crippen molar-refractivity contribution in [2.45, 2.75) is 24.9 Å². The van der Waals surface area contributed by atoms with Crippen LogP contribution in [-0.2, 0) is 16.0 Å². The molecular formula is C38H36ClFN6O4S. The fraction of sp³-hybridized carbons (Fsp3) is 0.263. The Hall–Kier alpha value is -5.04. The number of aliphatic hydroxyl groups is 1. The third kappa shape index (κ3) is 7.25. The summed E-state index contributed by atoms with van der Waals surface area (Å²) < 4.78 is 19.3. The van der Waals surface area contributed by atoms with E-state index >= 15 is 0 Å². The van der Waals surface area contributed by atoms with Gasteiger partial charge >= 0.3 is 12.0 Å². The molecule has 0 radical (unpaired) electrons. The first kappa shape index (κ1) is 34.4. The molecule has 3 aliphatic heterocycles. The van der Waals surface area contributed by atoms with E-state index in [0.29, 0.717) is 61.2 Å². The number of fused-ring (bicyclic) bond motifs is 1. The molecular weight excluding hydrogens is 691 g/mol. The molecule has 10 nitrogen and oxygen atoms in total. The van der Waals surface area contributed by atoms with E-state index in [9.17, 15) is 19.1 Å². The van der Waals surface area contributed by atoms with Gasteiger partial charge in [-0.15, -0.1) is 11.3 Å². The highest BCUT2D eigenvalue weighted by molar-refractivity contribution is 7.11. The Labute approximate surface area is 304 Å². The van der Waals surface area contributed by atoms with E-state index in [1.165, 1.54) is 36.6 Å². The number of amidine groups is 1. The molecule has 0 bridgehead atoms. The molecule has 2 saturated heterocycles. The minimum Gasteiger partial charge on any atom is -0.513 e. The van der Waals surface area contributed by atoms with Gasteiger partial charge in [-0.1, -0.05) is 60.6 Å². The maximum absolute atomic E-state index is 14.0. The van der Waals surface area contributed by atoms with E-state index in [-0.39, 0.29) is 28.4 Å². The van der Waals surface area contributed by atoms with Crippen LogP contribution >= 0.6 is 22.9 Å². The number of hydrogen-bond donors (Lipinski definition) is 2. The van der Waals surface area contributed by atoms with Crippen molar-refractivity contribution in [3.63, 3.8) is 0 Å². The van der Waals surface area contributed by atoms with Crippen LogP contribution in [0.1, 0.15) is 28.6 Å². The number of benzene rings is 3. The number of carbonyl (C=O) groups is 2. The van der Waals surface area contributed by atoms with Crippen molar-refractivity contribution in [3.8, 4) is 11.1 Å². The number of esters is 1. The standard InChI is InChI=1S/C38H36ClFN6O4S/c1-23(47)3-4-24-5-7-25(8-6-24)26-9-12-28(13-10-26)46-21-29-20-44(16-17-45(29)38(46)49)22-32-33(37(48)50-2)34(30-14-11-27(40)19-31(30)39)43-35(42-32)36-41-15-18-51-36/h5-15,18-19,29,34,47H,1,3-4,16-17,20-22H2,2H3,(H,42,43)/t29-,34-/m0/s1. The number of urea groups is 1.